The number of methoxy groups -OCH3 is 3. The zero-order valence-corrected chi connectivity index (χ0v) is 80.4. The molecule has 4 aromatic carbocycles. The van der Waals surface area contributed by atoms with Crippen molar-refractivity contribution >= 4 is 99.9 Å². The van der Waals surface area contributed by atoms with Crippen LogP contribution in [-0.4, -0.2) is 324 Å². The highest BCUT2D eigenvalue weighted by Crippen LogP contribution is 2.45. The van der Waals surface area contributed by atoms with E-state index in [1.807, 2.05) is 0 Å². The summed E-state index contributed by atoms with van der Waals surface area (Å²) in [6.45, 7) is 17.7. The number of nitrogens with one attached hydrogen (secondary N) is 7. The van der Waals surface area contributed by atoms with Crippen molar-refractivity contribution in [1.82, 2.24) is 41.3 Å². The summed E-state index contributed by atoms with van der Waals surface area (Å²) < 4.78 is 90.2. The number of imide groups is 1. The van der Waals surface area contributed by atoms with Crippen LogP contribution in [0.25, 0.3) is 0 Å². The van der Waals surface area contributed by atoms with Crippen LogP contribution in [0.4, 0.5) is 32.3 Å². The van der Waals surface area contributed by atoms with Crippen LogP contribution in [0.2, 0.25) is 0 Å². The third-order valence-electron chi connectivity index (χ3n) is 22.3. The van der Waals surface area contributed by atoms with E-state index >= 15 is 0 Å². The first-order chi connectivity index (χ1) is 67.0. The summed E-state index contributed by atoms with van der Waals surface area (Å²) in [5, 5.41) is 43.0. The number of ether oxygens (including phenoxy) is 16. The molecule has 139 heavy (non-hydrogen) atoms. The van der Waals surface area contributed by atoms with E-state index in [1.165, 1.54) is 74.5 Å². The number of rotatable bonds is 62. The summed E-state index contributed by atoms with van der Waals surface area (Å²) in [6, 6.07) is 13.8. The second-order valence-corrected chi connectivity index (χ2v) is 33.6. The van der Waals surface area contributed by atoms with E-state index in [0.717, 1.165) is 25.8 Å². The number of hydrogen-bond donors (Lipinski definition) is 9. The van der Waals surface area contributed by atoms with Crippen molar-refractivity contribution < 1.29 is 148 Å². The van der Waals surface area contributed by atoms with Crippen molar-refractivity contribution in [3.05, 3.63) is 131 Å². The predicted octanol–water partition coefficient (Wildman–Crippen LogP) is 5.31. The first-order valence-electron chi connectivity index (χ1n) is 46.4. The highest BCUT2D eigenvalue weighted by molar-refractivity contribution is 6.13. The zero-order valence-electron chi connectivity index (χ0n) is 80.4. The lowest BCUT2D eigenvalue weighted by Gasteiger charge is -2.31. The van der Waals surface area contributed by atoms with Crippen LogP contribution in [0.5, 0.6) is 23.0 Å². The fourth-order valence-electron chi connectivity index (χ4n) is 14.9. The molecule has 762 valence electrons. The van der Waals surface area contributed by atoms with Crippen molar-refractivity contribution in [1.29, 1.82) is 0 Å². The number of benzene rings is 4. The zero-order chi connectivity index (χ0) is 100. The topological polar surface area (TPSA) is 510 Å². The first kappa shape index (κ1) is 110. The van der Waals surface area contributed by atoms with Gasteiger partial charge in [0.1, 0.15) is 31.3 Å². The Labute approximate surface area is 807 Å². The van der Waals surface area contributed by atoms with Crippen LogP contribution in [0.1, 0.15) is 132 Å². The molecule has 43 nitrogen and oxygen atoms in total. The molecule has 7 atom stereocenters. The second-order valence-electron chi connectivity index (χ2n) is 33.6. The molecule has 0 radical (unpaired) electrons. The molecule has 0 aliphatic carbocycles. The van der Waals surface area contributed by atoms with Crippen molar-refractivity contribution in [3.8, 4) is 23.0 Å². The van der Waals surface area contributed by atoms with Crippen LogP contribution < -0.4 is 66.0 Å². The number of aliphatic hydroxyl groups excluding tert-OH is 2. The normalized spacial score (nSPS) is 16.5. The van der Waals surface area contributed by atoms with E-state index in [1.54, 1.807) is 102 Å². The third-order valence-corrected chi connectivity index (χ3v) is 22.3. The molecule has 43 heteroatoms. The van der Waals surface area contributed by atoms with Gasteiger partial charge >= 0.3 is 12.2 Å². The summed E-state index contributed by atoms with van der Waals surface area (Å²) in [4.78, 5) is 177. The van der Waals surface area contributed by atoms with Crippen molar-refractivity contribution in [3.63, 3.8) is 0 Å². The predicted molar refractivity (Wildman–Crippen MR) is 501 cm³/mol. The minimum atomic E-state index is -1.60. The van der Waals surface area contributed by atoms with Crippen LogP contribution in [0.3, 0.4) is 0 Å². The fraction of sp³-hybridized carbons (Fsp3) is 0.552. The van der Waals surface area contributed by atoms with Gasteiger partial charge in [-0.15, -0.1) is 0 Å². The Bertz CT molecular complexity index is 4840. The number of carbonyl (C=O) groups is 13. The van der Waals surface area contributed by atoms with Gasteiger partial charge in [0.15, 0.2) is 35.5 Å². The van der Waals surface area contributed by atoms with Gasteiger partial charge in [-0.25, -0.2) is 19.4 Å². The van der Waals surface area contributed by atoms with E-state index < -0.39 is 115 Å². The molecule has 0 aromatic heterocycles. The van der Waals surface area contributed by atoms with E-state index in [4.69, 9.17) is 75.8 Å². The largest absolute Gasteiger partial charge is 0.493 e. The third kappa shape index (κ3) is 34.6. The summed E-state index contributed by atoms with van der Waals surface area (Å²) in [6.07, 6.45) is 2.34. The first-order valence-corrected chi connectivity index (χ1v) is 46.4. The van der Waals surface area contributed by atoms with Gasteiger partial charge < -0.3 is 133 Å². The van der Waals surface area contributed by atoms with Gasteiger partial charge in [0.25, 0.3) is 23.6 Å². The molecule has 4 aromatic rings. The van der Waals surface area contributed by atoms with Gasteiger partial charge in [0.05, 0.1) is 194 Å². The fourth-order valence-corrected chi connectivity index (χ4v) is 14.9. The molecule has 9 rings (SSSR count). The smallest absolute Gasteiger partial charge is 0.416 e. The second kappa shape index (κ2) is 57.9. The maximum absolute atomic E-state index is 14.5. The van der Waals surface area contributed by atoms with Crippen LogP contribution in [0, 0.1) is 11.8 Å². The lowest BCUT2D eigenvalue weighted by molar-refractivity contribution is -0.137. The molecule has 0 spiro atoms. The number of unbranched alkanes of at least 4 members (excludes halogenated alkanes) is 2. The summed E-state index contributed by atoms with van der Waals surface area (Å²) in [5.74, 6) is -5.22. The number of anilines is 4. The average molecular weight is 1950 g/mol. The molecule has 0 bridgehead atoms. The monoisotopic (exact) mass is 1950 g/mol. The average Bonchev–Trinajstić information content (AvgIpc) is 1.61. The van der Waals surface area contributed by atoms with E-state index in [2.05, 4.69) is 37.2 Å². The number of fused-ring (bicyclic) bond motifs is 4. The van der Waals surface area contributed by atoms with E-state index in [-0.39, 0.29) is 174 Å². The van der Waals surface area contributed by atoms with E-state index in [0.29, 0.717) is 134 Å². The summed E-state index contributed by atoms with van der Waals surface area (Å²) in [5.41, 5.74) is 3.29. The van der Waals surface area contributed by atoms with Gasteiger partial charge in [0.2, 0.25) is 41.4 Å². The number of aliphatic hydroxyl groups is 2. The lowest BCUT2D eigenvalue weighted by atomic mass is 10.0. The molecular weight excluding hydrogens is 1820 g/mol. The molecule has 13 amide bonds. The van der Waals surface area contributed by atoms with Crippen molar-refractivity contribution in [2.45, 2.75) is 156 Å². The molecule has 0 fully saturated rings. The number of hydrogen-bond acceptors (Lipinski definition) is 31. The highest BCUT2D eigenvalue weighted by Gasteiger charge is 2.48. The van der Waals surface area contributed by atoms with Crippen molar-refractivity contribution in [2.24, 2.45) is 11.8 Å². The van der Waals surface area contributed by atoms with Crippen LogP contribution in [-0.2, 0) is 113 Å². The number of amides is 13. The Morgan fingerprint density at radius 3 is 1.22 bits per heavy atom. The highest BCUT2D eigenvalue weighted by atomic mass is 16.6. The molecule has 0 saturated carbocycles. The molecule has 9 N–H and O–H groups in total. The maximum atomic E-state index is 14.5. The standard InChI is InChI=1S/C96H132N12O31/c1-61(2)86(102-81(110)25-31-127-35-34-124-8)89(116)98-56-83(112)100-68-18-14-66(15-19-68)59-138-95(122)107-72-54-78(76(125-9)52-70(72)91(118)105-57-63(5)50-74(105)93(107)120)136-29-12-11-13-30-137-79-55-73-71(53-77(79)126-10)92(119)106-58-64(6)51-75(106)94(121)108(73)96(123)139-60-67-16-20-69(21-17-67)101-88(115)65(7)99-90(117)87(62(3)4)103-82(111)26-32-128-36-38-130-40-42-132-44-46-134-48-49-135-47-45-133-43-41-131-39-37-129-33-27-97-80(109)24-28-104-84(113)22-23-85(104)114/h14-23,52-55,57-58,61-62,65,74-75,86-87,93-94,120-121H,11-13,24-51,56,59-60H2,1-10H3,(H,97,109)(H,98,116)(H,99,117)(H,100,112)(H,101,115)(H,102,110)(H,103,111)/t65-,74+,75+,86-,87-,93+,94+/m1/s1. The van der Waals surface area contributed by atoms with Crippen LogP contribution in [0.15, 0.2) is 108 Å². The van der Waals surface area contributed by atoms with Gasteiger partial charge in [-0.05, 0) is 112 Å². The quantitative estimate of drug-likeness (QED) is 0.0200. The summed E-state index contributed by atoms with van der Waals surface area (Å²) >= 11 is 0. The Hall–Kier alpha value is -12.3. The van der Waals surface area contributed by atoms with E-state index in [9.17, 15) is 72.5 Å². The Morgan fingerprint density at radius 2 is 0.813 bits per heavy atom. The Kier molecular flexibility index (Phi) is 46.0. The Morgan fingerprint density at radius 1 is 0.417 bits per heavy atom. The minimum absolute atomic E-state index is 0.00356. The van der Waals surface area contributed by atoms with Gasteiger partial charge in [-0.1, -0.05) is 63.1 Å². The molecule has 5 aliphatic heterocycles. The van der Waals surface area contributed by atoms with Gasteiger partial charge in [-0.3, -0.25) is 57.6 Å². The SMILES string of the molecule is COCCOCCC(=O)N[C@@H](C(=O)NCC(=O)Nc1ccc(COC(=O)N2c3cc(OCCCCCOc4cc5c(cc4OC)C(=O)N4C=C(C)C[C@H]4[C@H](O)N5C(=O)OCc4ccc(NC(=O)[C@@H](C)NC(=O)[C@H](NC(=O)CCOCCOCCOCCOCCOCCOCCOCCOCCNC(=O)CCN5C(=O)C=CC5=O)C(C)C)cc4)c(OC)cc3C(=O)N3C=C(C)C[C@H]3[C@@H]2O)cc1)C(C)C. The Balaban J connectivity index is 0.653. The van der Waals surface area contributed by atoms with Crippen LogP contribution >= 0.6 is 0 Å². The maximum Gasteiger partial charge on any atom is 0.416 e. The number of carbonyl (C=O) groups excluding carboxylic acids is 13. The minimum Gasteiger partial charge on any atom is -0.493 e. The van der Waals surface area contributed by atoms with Crippen molar-refractivity contribution in [2.75, 3.05) is 200 Å². The molecule has 0 saturated heterocycles. The number of nitrogens with zero attached hydrogens (tertiary/aromatic N) is 5. The molecule has 5 heterocycles. The van der Waals surface area contributed by atoms with Gasteiger partial charge in [-0.2, -0.15) is 0 Å². The molecule has 5 aliphatic rings. The van der Waals surface area contributed by atoms with Gasteiger partial charge in [0, 0.05) is 87.5 Å². The molecular formula is C96H132N12O31. The molecule has 0 unspecified atom stereocenters. The summed E-state index contributed by atoms with van der Waals surface area (Å²) in [7, 11) is 4.33. The lowest BCUT2D eigenvalue weighted by Crippen LogP contribution is -2.53.